The molecule has 72 valence electrons. The minimum absolute atomic E-state index is 0.140. The van der Waals surface area contributed by atoms with Gasteiger partial charge in [0.05, 0.1) is 0 Å². The zero-order chi connectivity index (χ0) is 8.97. The van der Waals surface area contributed by atoms with Gasteiger partial charge < -0.3 is 5.32 Å². The summed E-state index contributed by atoms with van der Waals surface area (Å²) in [6.45, 7) is 5.16. The van der Waals surface area contributed by atoms with Crippen LogP contribution in [0.25, 0.3) is 0 Å². The maximum Gasteiger partial charge on any atom is 0.116 e. The van der Waals surface area contributed by atoms with Crippen LogP contribution in [0.2, 0.25) is 0 Å². The molecule has 1 fully saturated rings. The van der Waals surface area contributed by atoms with E-state index < -0.39 is 6.17 Å². The SMILES string of the molecule is CC(C)CC(F)C1CCCCN1. The Hall–Kier alpha value is -0.110. The molecule has 1 N–H and O–H groups in total. The number of piperidine rings is 1. The van der Waals surface area contributed by atoms with Gasteiger partial charge in [0.2, 0.25) is 0 Å². The van der Waals surface area contributed by atoms with Crippen LogP contribution in [0.3, 0.4) is 0 Å². The molecular formula is C10H20FN. The van der Waals surface area contributed by atoms with Crippen molar-refractivity contribution in [1.29, 1.82) is 0 Å². The van der Waals surface area contributed by atoms with Crippen LogP contribution in [-0.2, 0) is 0 Å². The lowest BCUT2D eigenvalue weighted by molar-refractivity contribution is 0.190. The lowest BCUT2D eigenvalue weighted by Crippen LogP contribution is -2.41. The van der Waals surface area contributed by atoms with E-state index >= 15 is 0 Å². The number of hydrogen-bond donors (Lipinski definition) is 1. The Bertz CT molecular complexity index is 119. The first-order valence-corrected chi connectivity index (χ1v) is 5.07. The second-order valence-corrected chi connectivity index (χ2v) is 4.20. The highest BCUT2D eigenvalue weighted by Gasteiger charge is 2.22. The molecule has 0 aromatic carbocycles. The highest BCUT2D eigenvalue weighted by molar-refractivity contribution is 4.80. The topological polar surface area (TPSA) is 12.0 Å². The molecule has 1 aliphatic rings. The Kier molecular flexibility index (Phi) is 3.99. The molecule has 2 atom stereocenters. The third kappa shape index (κ3) is 3.10. The molecule has 0 bridgehead atoms. The number of hydrogen-bond acceptors (Lipinski definition) is 1. The Morgan fingerprint density at radius 2 is 2.17 bits per heavy atom. The molecule has 0 aromatic rings. The Morgan fingerprint density at radius 3 is 2.67 bits per heavy atom. The van der Waals surface area contributed by atoms with Gasteiger partial charge in [-0.2, -0.15) is 0 Å². The normalized spacial score (nSPS) is 27.5. The lowest BCUT2D eigenvalue weighted by atomic mass is 9.95. The van der Waals surface area contributed by atoms with E-state index in [1.54, 1.807) is 0 Å². The summed E-state index contributed by atoms with van der Waals surface area (Å²) in [5, 5.41) is 3.25. The van der Waals surface area contributed by atoms with E-state index in [0.717, 1.165) is 13.0 Å². The zero-order valence-corrected chi connectivity index (χ0v) is 8.15. The fraction of sp³-hybridized carbons (Fsp3) is 1.00. The van der Waals surface area contributed by atoms with Gasteiger partial charge in [-0.25, -0.2) is 4.39 Å². The average Bonchev–Trinajstić information content (AvgIpc) is 2.05. The van der Waals surface area contributed by atoms with Crippen LogP contribution in [0.1, 0.15) is 39.5 Å². The quantitative estimate of drug-likeness (QED) is 0.691. The van der Waals surface area contributed by atoms with Gasteiger partial charge in [0.1, 0.15) is 6.17 Å². The van der Waals surface area contributed by atoms with Crippen molar-refractivity contribution in [2.75, 3.05) is 6.54 Å². The van der Waals surface area contributed by atoms with Crippen molar-refractivity contribution < 1.29 is 4.39 Å². The first-order valence-electron chi connectivity index (χ1n) is 5.07. The van der Waals surface area contributed by atoms with Gasteiger partial charge >= 0.3 is 0 Å². The van der Waals surface area contributed by atoms with Gasteiger partial charge in [-0.05, 0) is 31.7 Å². The van der Waals surface area contributed by atoms with E-state index in [9.17, 15) is 4.39 Å². The molecule has 1 rings (SSSR count). The fourth-order valence-electron chi connectivity index (χ4n) is 1.80. The summed E-state index contributed by atoms with van der Waals surface area (Å²) < 4.78 is 13.5. The molecule has 1 heterocycles. The molecule has 12 heavy (non-hydrogen) atoms. The molecule has 0 radical (unpaired) electrons. The molecule has 2 heteroatoms. The number of alkyl halides is 1. The summed E-state index contributed by atoms with van der Waals surface area (Å²) in [4.78, 5) is 0. The van der Waals surface area contributed by atoms with Crippen LogP contribution >= 0.6 is 0 Å². The molecule has 1 aliphatic heterocycles. The standard InChI is InChI=1S/C10H20FN/c1-8(2)7-9(11)10-5-3-4-6-12-10/h8-10,12H,3-7H2,1-2H3. The molecule has 1 nitrogen and oxygen atoms in total. The van der Waals surface area contributed by atoms with E-state index in [2.05, 4.69) is 19.2 Å². The van der Waals surface area contributed by atoms with Crippen LogP contribution in [0.4, 0.5) is 4.39 Å². The van der Waals surface area contributed by atoms with Crippen LogP contribution in [0.15, 0.2) is 0 Å². The fourth-order valence-corrected chi connectivity index (χ4v) is 1.80. The van der Waals surface area contributed by atoms with E-state index in [0.29, 0.717) is 12.3 Å². The van der Waals surface area contributed by atoms with E-state index in [1.165, 1.54) is 12.8 Å². The lowest BCUT2D eigenvalue weighted by Gasteiger charge is -2.27. The van der Waals surface area contributed by atoms with Crippen molar-refractivity contribution >= 4 is 0 Å². The predicted octanol–water partition coefficient (Wildman–Crippen LogP) is 2.51. The van der Waals surface area contributed by atoms with Crippen molar-refractivity contribution in [3.05, 3.63) is 0 Å². The highest BCUT2D eigenvalue weighted by atomic mass is 19.1. The Morgan fingerprint density at radius 1 is 1.42 bits per heavy atom. The summed E-state index contributed by atoms with van der Waals surface area (Å²) in [6.07, 6.45) is 3.50. The van der Waals surface area contributed by atoms with E-state index in [1.807, 2.05) is 0 Å². The highest BCUT2D eigenvalue weighted by Crippen LogP contribution is 2.18. The summed E-state index contributed by atoms with van der Waals surface area (Å²) in [6, 6.07) is 0.140. The second-order valence-electron chi connectivity index (χ2n) is 4.20. The van der Waals surface area contributed by atoms with E-state index in [4.69, 9.17) is 0 Å². The monoisotopic (exact) mass is 173 g/mol. The van der Waals surface area contributed by atoms with Crippen molar-refractivity contribution in [3.63, 3.8) is 0 Å². The summed E-state index contributed by atoms with van der Waals surface area (Å²) in [5.74, 6) is 0.476. The third-order valence-electron chi connectivity index (χ3n) is 2.48. The van der Waals surface area contributed by atoms with Crippen molar-refractivity contribution in [1.82, 2.24) is 5.32 Å². The van der Waals surface area contributed by atoms with Gasteiger partial charge in [0.15, 0.2) is 0 Å². The van der Waals surface area contributed by atoms with Crippen LogP contribution < -0.4 is 5.32 Å². The number of nitrogens with one attached hydrogen (secondary N) is 1. The molecule has 2 unspecified atom stereocenters. The predicted molar refractivity (Wildman–Crippen MR) is 50.0 cm³/mol. The minimum Gasteiger partial charge on any atom is -0.311 e. The average molecular weight is 173 g/mol. The van der Waals surface area contributed by atoms with Crippen LogP contribution in [-0.4, -0.2) is 18.8 Å². The number of rotatable bonds is 3. The maximum absolute atomic E-state index is 13.5. The summed E-state index contributed by atoms with van der Waals surface area (Å²) in [7, 11) is 0. The minimum atomic E-state index is -0.634. The molecule has 0 saturated carbocycles. The summed E-state index contributed by atoms with van der Waals surface area (Å²) in [5.41, 5.74) is 0. The van der Waals surface area contributed by atoms with Gasteiger partial charge in [0.25, 0.3) is 0 Å². The zero-order valence-electron chi connectivity index (χ0n) is 8.15. The molecule has 0 spiro atoms. The van der Waals surface area contributed by atoms with Crippen molar-refractivity contribution in [2.45, 2.75) is 51.7 Å². The Labute approximate surface area is 74.7 Å². The van der Waals surface area contributed by atoms with Gasteiger partial charge in [-0.3, -0.25) is 0 Å². The van der Waals surface area contributed by atoms with Crippen molar-refractivity contribution in [2.24, 2.45) is 5.92 Å². The molecule has 1 saturated heterocycles. The van der Waals surface area contributed by atoms with Gasteiger partial charge in [0, 0.05) is 6.04 Å². The first kappa shape index (κ1) is 9.97. The molecule has 0 aliphatic carbocycles. The van der Waals surface area contributed by atoms with E-state index in [-0.39, 0.29) is 6.04 Å². The summed E-state index contributed by atoms with van der Waals surface area (Å²) >= 11 is 0. The van der Waals surface area contributed by atoms with Crippen molar-refractivity contribution in [3.8, 4) is 0 Å². The largest absolute Gasteiger partial charge is 0.311 e. The van der Waals surface area contributed by atoms with Gasteiger partial charge in [-0.15, -0.1) is 0 Å². The second kappa shape index (κ2) is 4.80. The maximum atomic E-state index is 13.5. The molecule has 0 amide bonds. The third-order valence-corrected chi connectivity index (χ3v) is 2.48. The van der Waals surface area contributed by atoms with Gasteiger partial charge in [-0.1, -0.05) is 20.3 Å². The van der Waals surface area contributed by atoms with Crippen LogP contribution in [0.5, 0.6) is 0 Å². The smallest absolute Gasteiger partial charge is 0.116 e. The molecular weight excluding hydrogens is 153 g/mol. The Balaban J connectivity index is 2.24. The van der Waals surface area contributed by atoms with Crippen LogP contribution in [0, 0.1) is 5.92 Å². The number of halogens is 1. The first-order chi connectivity index (χ1) is 5.70. The molecule has 0 aromatic heterocycles.